The molecule has 30 heavy (non-hydrogen) atoms. The van der Waals surface area contributed by atoms with Crippen LogP contribution < -0.4 is 10.6 Å². The first-order valence-electron chi connectivity index (χ1n) is 9.17. The van der Waals surface area contributed by atoms with E-state index in [1.165, 1.54) is 30.5 Å². The molecular formula is C22H18FN5O2. The number of pyridine rings is 1. The van der Waals surface area contributed by atoms with Crippen molar-refractivity contribution < 1.29 is 14.3 Å². The van der Waals surface area contributed by atoms with Crippen molar-refractivity contribution >= 4 is 28.7 Å². The number of phenolic OH excluding ortho intramolecular Hbond substituents is 1. The number of urea groups is 1. The maximum absolute atomic E-state index is 13.0. The number of nitrogens with one attached hydrogen (secondary N) is 2. The normalized spacial score (nSPS) is 10.8. The van der Waals surface area contributed by atoms with Crippen LogP contribution in [0.3, 0.4) is 0 Å². The number of phenols is 1. The van der Waals surface area contributed by atoms with Gasteiger partial charge in [-0.25, -0.2) is 24.1 Å². The summed E-state index contributed by atoms with van der Waals surface area (Å²) in [6.45, 7) is 3.66. The Morgan fingerprint density at radius 3 is 2.37 bits per heavy atom. The minimum absolute atomic E-state index is 0.227. The third kappa shape index (κ3) is 4.02. The summed E-state index contributed by atoms with van der Waals surface area (Å²) in [6, 6.07) is 12.2. The van der Waals surface area contributed by atoms with Crippen LogP contribution in [0.25, 0.3) is 22.4 Å². The van der Waals surface area contributed by atoms with Gasteiger partial charge in [0, 0.05) is 11.3 Å². The Hall–Kier alpha value is -4.07. The van der Waals surface area contributed by atoms with E-state index in [0.29, 0.717) is 22.5 Å². The Kier molecular flexibility index (Phi) is 4.97. The fourth-order valence-corrected chi connectivity index (χ4v) is 3.03. The maximum atomic E-state index is 13.0. The van der Waals surface area contributed by atoms with Crippen molar-refractivity contribution in [2.75, 3.05) is 10.6 Å². The number of aryl methyl sites for hydroxylation is 2. The van der Waals surface area contributed by atoms with Crippen LogP contribution in [0.2, 0.25) is 0 Å². The number of benzene rings is 2. The first kappa shape index (κ1) is 19.3. The average Bonchev–Trinajstić information content (AvgIpc) is 2.72. The summed E-state index contributed by atoms with van der Waals surface area (Å²) < 4.78 is 13.0. The van der Waals surface area contributed by atoms with Crippen molar-refractivity contribution in [1.29, 1.82) is 0 Å². The lowest BCUT2D eigenvalue weighted by atomic mass is 10.0. The molecule has 2 heterocycles. The lowest BCUT2D eigenvalue weighted by Crippen LogP contribution is -2.20. The maximum Gasteiger partial charge on any atom is 0.324 e. The Morgan fingerprint density at radius 2 is 1.67 bits per heavy atom. The van der Waals surface area contributed by atoms with Gasteiger partial charge in [-0.15, -0.1) is 0 Å². The number of hydrogen-bond acceptors (Lipinski definition) is 5. The van der Waals surface area contributed by atoms with E-state index in [9.17, 15) is 14.3 Å². The lowest BCUT2D eigenvalue weighted by molar-refractivity contribution is 0.262. The molecule has 0 aliphatic carbocycles. The molecule has 0 spiro atoms. The van der Waals surface area contributed by atoms with E-state index in [-0.39, 0.29) is 17.4 Å². The van der Waals surface area contributed by atoms with Gasteiger partial charge in [0.25, 0.3) is 0 Å². The van der Waals surface area contributed by atoms with E-state index in [1.807, 2.05) is 32.0 Å². The molecule has 8 heteroatoms. The van der Waals surface area contributed by atoms with Gasteiger partial charge in [0.05, 0.1) is 11.9 Å². The summed E-state index contributed by atoms with van der Waals surface area (Å²) in [5.41, 5.74) is 4.43. The van der Waals surface area contributed by atoms with Crippen LogP contribution >= 0.6 is 0 Å². The van der Waals surface area contributed by atoms with E-state index in [4.69, 9.17) is 0 Å². The average molecular weight is 403 g/mol. The largest absolute Gasteiger partial charge is 0.507 e. The predicted molar refractivity (Wildman–Crippen MR) is 113 cm³/mol. The number of anilines is 2. The number of aromatic hydroxyl groups is 1. The molecule has 2 amide bonds. The molecule has 0 saturated heterocycles. The summed E-state index contributed by atoms with van der Waals surface area (Å²) in [7, 11) is 0. The Balaban J connectivity index is 1.58. The second kappa shape index (κ2) is 7.75. The van der Waals surface area contributed by atoms with Crippen molar-refractivity contribution in [2.45, 2.75) is 13.8 Å². The minimum atomic E-state index is -0.531. The highest BCUT2D eigenvalue weighted by atomic mass is 19.1. The zero-order valence-corrected chi connectivity index (χ0v) is 16.3. The smallest absolute Gasteiger partial charge is 0.324 e. The number of halogens is 1. The Labute approximate surface area is 171 Å². The molecule has 0 aliphatic heterocycles. The van der Waals surface area contributed by atoms with Crippen LogP contribution in [0.4, 0.5) is 20.7 Å². The Bertz CT molecular complexity index is 1240. The number of rotatable bonds is 3. The van der Waals surface area contributed by atoms with Crippen molar-refractivity contribution in [1.82, 2.24) is 15.0 Å². The molecular weight excluding hydrogens is 385 g/mol. The monoisotopic (exact) mass is 403 g/mol. The van der Waals surface area contributed by atoms with E-state index >= 15 is 0 Å². The van der Waals surface area contributed by atoms with E-state index in [0.717, 1.165) is 16.7 Å². The van der Waals surface area contributed by atoms with E-state index < -0.39 is 6.03 Å². The summed E-state index contributed by atoms with van der Waals surface area (Å²) in [5, 5.41) is 15.2. The molecule has 4 rings (SSSR count). The van der Waals surface area contributed by atoms with Gasteiger partial charge >= 0.3 is 6.03 Å². The van der Waals surface area contributed by atoms with Crippen molar-refractivity contribution in [3.8, 4) is 17.0 Å². The van der Waals surface area contributed by atoms with Crippen molar-refractivity contribution in [2.24, 2.45) is 0 Å². The summed E-state index contributed by atoms with van der Waals surface area (Å²) >= 11 is 0. The summed E-state index contributed by atoms with van der Waals surface area (Å²) in [6.07, 6.45) is 1.43. The van der Waals surface area contributed by atoms with Gasteiger partial charge in [0.2, 0.25) is 0 Å². The van der Waals surface area contributed by atoms with Crippen molar-refractivity contribution in [3.05, 3.63) is 71.7 Å². The molecule has 0 atom stereocenters. The van der Waals surface area contributed by atoms with Gasteiger partial charge in [-0.1, -0.05) is 0 Å². The number of carbonyl (C=O) groups is 1. The number of hydrogen-bond donors (Lipinski definition) is 3. The zero-order chi connectivity index (χ0) is 21.3. The second-order valence-electron chi connectivity index (χ2n) is 6.84. The molecule has 2 aromatic heterocycles. The van der Waals surface area contributed by atoms with Gasteiger partial charge in [-0.3, -0.25) is 5.32 Å². The van der Waals surface area contributed by atoms with Gasteiger partial charge < -0.3 is 10.4 Å². The third-order valence-corrected chi connectivity index (χ3v) is 4.54. The van der Waals surface area contributed by atoms with Crippen LogP contribution in [0.5, 0.6) is 5.75 Å². The van der Waals surface area contributed by atoms with Crippen LogP contribution in [-0.4, -0.2) is 26.1 Å². The SMILES string of the molecule is Cc1cc(-c2ccc3ncc(NC(=O)Nc4ccc(F)cc4)nc3n2)cc(C)c1O. The lowest BCUT2D eigenvalue weighted by Gasteiger charge is -2.09. The molecule has 4 aromatic rings. The quantitative estimate of drug-likeness (QED) is 0.456. The highest BCUT2D eigenvalue weighted by molar-refractivity contribution is 5.99. The zero-order valence-electron chi connectivity index (χ0n) is 16.3. The van der Waals surface area contributed by atoms with Gasteiger partial charge in [-0.05, 0) is 73.5 Å². The van der Waals surface area contributed by atoms with Crippen LogP contribution in [0.15, 0.2) is 54.7 Å². The van der Waals surface area contributed by atoms with Crippen LogP contribution in [-0.2, 0) is 0 Å². The molecule has 150 valence electrons. The molecule has 0 fully saturated rings. The number of fused-ring (bicyclic) bond motifs is 1. The third-order valence-electron chi connectivity index (χ3n) is 4.54. The first-order valence-corrected chi connectivity index (χ1v) is 9.17. The van der Waals surface area contributed by atoms with Gasteiger partial charge in [-0.2, -0.15) is 0 Å². The summed E-state index contributed by atoms with van der Waals surface area (Å²) in [4.78, 5) is 25.4. The van der Waals surface area contributed by atoms with Gasteiger partial charge in [0.15, 0.2) is 11.5 Å². The van der Waals surface area contributed by atoms with Gasteiger partial charge in [0.1, 0.15) is 17.1 Å². The fourth-order valence-electron chi connectivity index (χ4n) is 3.03. The standard InChI is InChI=1S/C22H18FN5O2/c1-12-9-14(10-13(2)20(12)29)17-7-8-18-21(26-17)27-19(11-24-18)28-22(30)25-16-5-3-15(23)4-6-16/h3-11,29H,1-2H3,(H2,25,26,27,28,30). The Morgan fingerprint density at radius 1 is 0.967 bits per heavy atom. The fraction of sp³-hybridized carbons (Fsp3) is 0.0909. The highest BCUT2D eigenvalue weighted by Gasteiger charge is 2.10. The minimum Gasteiger partial charge on any atom is -0.507 e. The molecule has 0 saturated carbocycles. The molecule has 0 bridgehead atoms. The van der Waals surface area contributed by atoms with Crippen molar-refractivity contribution in [3.63, 3.8) is 0 Å². The predicted octanol–water partition coefficient (Wildman–Crippen LogP) is 4.80. The highest BCUT2D eigenvalue weighted by Crippen LogP contribution is 2.28. The molecule has 0 radical (unpaired) electrons. The first-order chi connectivity index (χ1) is 14.4. The molecule has 0 aliphatic rings. The molecule has 7 nitrogen and oxygen atoms in total. The van der Waals surface area contributed by atoms with E-state index in [2.05, 4.69) is 25.6 Å². The molecule has 0 unspecified atom stereocenters. The summed E-state index contributed by atoms with van der Waals surface area (Å²) in [5.74, 6) is 0.102. The number of nitrogens with zero attached hydrogens (tertiary/aromatic N) is 3. The van der Waals surface area contributed by atoms with Crippen LogP contribution in [0, 0.1) is 19.7 Å². The second-order valence-corrected chi connectivity index (χ2v) is 6.84. The molecule has 2 aromatic carbocycles. The topological polar surface area (TPSA) is 100 Å². The van der Waals surface area contributed by atoms with E-state index in [1.54, 1.807) is 6.07 Å². The molecule has 3 N–H and O–H groups in total. The number of amides is 2. The van der Waals surface area contributed by atoms with Crippen LogP contribution in [0.1, 0.15) is 11.1 Å². The number of aromatic nitrogens is 3. The number of carbonyl (C=O) groups excluding carboxylic acids is 1.